The Morgan fingerprint density at radius 3 is 1.65 bits per heavy atom. The number of benzene rings is 2. The van der Waals surface area contributed by atoms with Crippen LogP contribution in [0.5, 0.6) is 5.75 Å². The van der Waals surface area contributed by atoms with Crippen molar-refractivity contribution in [3.05, 3.63) is 66.7 Å². The Morgan fingerprint density at radius 2 is 1.16 bits per heavy atom. The van der Waals surface area contributed by atoms with Gasteiger partial charge in [-0.1, -0.05) is 103 Å². The number of rotatable bonds is 19. The maximum absolute atomic E-state index is 9.25. The van der Waals surface area contributed by atoms with Gasteiger partial charge in [0.2, 0.25) is 0 Å². The third-order valence-electron chi connectivity index (χ3n) is 6.06. The summed E-state index contributed by atoms with van der Waals surface area (Å²) in [5.41, 5.74) is 3.14. The van der Waals surface area contributed by atoms with E-state index < -0.39 is 5.97 Å². The smallest absolute Gasteiger partial charge is 0.327 e. The van der Waals surface area contributed by atoms with Crippen molar-refractivity contribution in [2.45, 2.75) is 104 Å². The van der Waals surface area contributed by atoms with E-state index in [0.29, 0.717) is 0 Å². The number of aryl methyl sites for hydroxylation is 1. The Hall–Kier alpha value is -2.95. The fourth-order valence-corrected chi connectivity index (χ4v) is 3.81. The fraction of sp³-hybridized carbons (Fsp3) is 0.531. The molecule has 37 heavy (non-hydrogen) atoms. The average Bonchev–Trinajstić information content (AvgIpc) is 2.92. The third-order valence-corrected chi connectivity index (χ3v) is 6.06. The van der Waals surface area contributed by atoms with Crippen LogP contribution in [0.2, 0.25) is 0 Å². The molecule has 0 bridgehead atoms. The molecular formula is C32H48N2O3. The van der Waals surface area contributed by atoms with E-state index in [1.165, 1.54) is 82.6 Å². The van der Waals surface area contributed by atoms with Crippen LogP contribution in [0.15, 0.2) is 71.4 Å². The molecule has 0 aliphatic rings. The topological polar surface area (TPSA) is 71.2 Å². The van der Waals surface area contributed by atoms with Crippen molar-refractivity contribution in [3.63, 3.8) is 0 Å². The Morgan fingerprint density at radius 1 is 0.730 bits per heavy atom. The first-order chi connectivity index (χ1) is 18.1. The molecule has 0 fully saturated rings. The minimum absolute atomic E-state index is 0.784. The van der Waals surface area contributed by atoms with Gasteiger partial charge in [-0.3, -0.25) is 0 Å². The molecule has 5 nitrogen and oxygen atoms in total. The number of carboxylic acid groups (broad SMARTS) is 1. The Kier molecular flexibility index (Phi) is 19.3. The van der Waals surface area contributed by atoms with Crippen molar-refractivity contribution in [2.75, 3.05) is 6.61 Å². The maximum atomic E-state index is 9.25. The fourth-order valence-electron chi connectivity index (χ4n) is 3.81. The van der Waals surface area contributed by atoms with Gasteiger partial charge >= 0.3 is 5.97 Å². The molecule has 2 aromatic carbocycles. The van der Waals surface area contributed by atoms with Crippen molar-refractivity contribution in [2.24, 2.45) is 10.2 Å². The predicted octanol–water partition coefficient (Wildman–Crippen LogP) is 10.4. The van der Waals surface area contributed by atoms with Crippen LogP contribution in [0.3, 0.4) is 0 Å². The standard InChI is InChI=1S/C29H44N2O.C3H4O2/c1-3-5-7-9-10-11-12-13-14-16-26-17-19-27(20-18-26)30-31-28-21-23-29(24-22-28)32-25-15-8-6-4-2;1-2-3(4)5/h17-24H,3-16,25H2,1-2H3;2H,1H2,(H,4,5). The molecule has 0 saturated heterocycles. The lowest BCUT2D eigenvalue weighted by molar-refractivity contribution is -0.131. The van der Waals surface area contributed by atoms with Gasteiger partial charge in [-0.05, 0) is 61.2 Å². The lowest BCUT2D eigenvalue weighted by Gasteiger charge is -2.05. The van der Waals surface area contributed by atoms with Gasteiger partial charge in [-0.15, -0.1) is 0 Å². The summed E-state index contributed by atoms with van der Waals surface area (Å²) in [6, 6.07) is 16.4. The summed E-state index contributed by atoms with van der Waals surface area (Å²) < 4.78 is 5.78. The van der Waals surface area contributed by atoms with Gasteiger partial charge in [0.1, 0.15) is 5.75 Å². The van der Waals surface area contributed by atoms with Crippen LogP contribution in [0.4, 0.5) is 11.4 Å². The van der Waals surface area contributed by atoms with Crippen LogP contribution in [-0.2, 0) is 11.2 Å². The molecule has 2 aromatic rings. The lowest BCUT2D eigenvalue weighted by atomic mass is 10.0. The number of hydrogen-bond acceptors (Lipinski definition) is 4. The average molecular weight is 509 g/mol. The van der Waals surface area contributed by atoms with Crippen LogP contribution >= 0.6 is 0 Å². The molecule has 0 aromatic heterocycles. The second-order valence-electron chi connectivity index (χ2n) is 9.39. The molecule has 204 valence electrons. The van der Waals surface area contributed by atoms with Crippen molar-refractivity contribution in [1.29, 1.82) is 0 Å². The lowest BCUT2D eigenvalue weighted by Crippen LogP contribution is -1.96. The quantitative estimate of drug-likeness (QED) is 0.116. The molecule has 5 heteroatoms. The van der Waals surface area contributed by atoms with Gasteiger partial charge in [0.15, 0.2) is 0 Å². The van der Waals surface area contributed by atoms with Crippen molar-refractivity contribution < 1.29 is 14.6 Å². The summed E-state index contributed by atoms with van der Waals surface area (Å²) in [4.78, 5) is 9.25. The van der Waals surface area contributed by atoms with Crippen LogP contribution in [0, 0.1) is 0 Å². The molecule has 0 heterocycles. The van der Waals surface area contributed by atoms with E-state index >= 15 is 0 Å². The number of ether oxygens (including phenoxy) is 1. The monoisotopic (exact) mass is 508 g/mol. The van der Waals surface area contributed by atoms with Crippen LogP contribution in [0.25, 0.3) is 0 Å². The first-order valence-corrected chi connectivity index (χ1v) is 14.2. The Labute approximate surface area is 225 Å². The molecule has 0 saturated carbocycles. The number of carbonyl (C=O) groups is 1. The highest BCUT2D eigenvalue weighted by molar-refractivity contribution is 5.78. The van der Waals surface area contributed by atoms with E-state index in [0.717, 1.165) is 42.6 Å². The van der Waals surface area contributed by atoms with Crippen molar-refractivity contribution >= 4 is 17.3 Å². The molecule has 0 amide bonds. The molecular weight excluding hydrogens is 460 g/mol. The number of carboxylic acids is 1. The van der Waals surface area contributed by atoms with Crippen LogP contribution in [-0.4, -0.2) is 17.7 Å². The highest BCUT2D eigenvalue weighted by Crippen LogP contribution is 2.22. The summed E-state index contributed by atoms with van der Waals surface area (Å²) in [6.45, 7) is 8.25. The summed E-state index contributed by atoms with van der Waals surface area (Å²) in [5.74, 6) is -0.0775. The minimum atomic E-state index is -0.981. The predicted molar refractivity (Wildman–Crippen MR) is 155 cm³/mol. The van der Waals surface area contributed by atoms with Crippen LogP contribution < -0.4 is 4.74 Å². The summed E-state index contributed by atoms with van der Waals surface area (Å²) >= 11 is 0. The number of azo groups is 1. The van der Waals surface area contributed by atoms with E-state index in [1.54, 1.807) is 0 Å². The first-order valence-electron chi connectivity index (χ1n) is 14.2. The van der Waals surface area contributed by atoms with Crippen LogP contribution in [0.1, 0.15) is 103 Å². The Bertz CT molecular complexity index is 861. The van der Waals surface area contributed by atoms with Gasteiger partial charge in [0.05, 0.1) is 18.0 Å². The second kappa shape index (κ2) is 22.3. The molecule has 0 atom stereocenters. The summed E-state index contributed by atoms with van der Waals surface area (Å²) in [7, 11) is 0. The van der Waals surface area contributed by atoms with E-state index in [-0.39, 0.29) is 0 Å². The number of aliphatic carboxylic acids is 1. The van der Waals surface area contributed by atoms with Gasteiger partial charge in [0.25, 0.3) is 0 Å². The van der Waals surface area contributed by atoms with E-state index in [2.05, 4.69) is 54.9 Å². The van der Waals surface area contributed by atoms with E-state index in [1.807, 2.05) is 24.3 Å². The van der Waals surface area contributed by atoms with Gasteiger partial charge in [-0.2, -0.15) is 10.2 Å². The van der Waals surface area contributed by atoms with Crippen molar-refractivity contribution in [3.8, 4) is 5.75 Å². The van der Waals surface area contributed by atoms with Gasteiger partial charge in [0, 0.05) is 6.08 Å². The summed E-state index contributed by atoms with van der Waals surface area (Å²) in [6.07, 6.45) is 19.3. The largest absolute Gasteiger partial charge is 0.494 e. The van der Waals surface area contributed by atoms with E-state index in [9.17, 15) is 4.79 Å². The highest BCUT2D eigenvalue weighted by atomic mass is 16.5. The zero-order valence-corrected chi connectivity index (χ0v) is 23.2. The third kappa shape index (κ3) is 18.0. The second-order valence-corrected chi connectivity index (χ2v) is 9.39. The number of hydrogen-bond donors (Lipinski definition) is 1. The number of unbranched alkanes of at least 4 members (excludes halogenated alkanes) is 11. The minimum Gasteiger partial charge on any atom is -0.494 e. The van der Waals surface area contributed by atoms with Gasteiger partial charge in [-0.25, -0.2) is 4.79 Å². The highest BCUT2D eigenvalue weighted by Gasteiger charge is 1.98. The number of nitrogens with zero attached hydrogens (tertiary/aromatic N) is 2. The Balaban J connectivity index is 0.00000124. The maximum Gasteiger partial charge on any atom is 0.327 e. The first kappa shape index (κ1) is 32.1. The molecule has 0 spiro atoms. The molecule has 0 aliphatic heterocycles. The molecule has 0 unspecified atom stereocenters. The molecule has 1 N–H and O–H groups in total. The van der Waals surface area contributed by atoms with Gasteiger partial charge < -0.3 is 9.84 Å². The zero-order chi connectivity index (χ0) is 27.0. The van der Waals surface area contributed by atoms with Crippen molar-refractivity contribution in [1.82, 2.24) is 0 Å². The SMILES string of the molecule is C=CC(=O)O.CCCCCCCCCCCc1ccc(N=Nc2ccc(OCCCCCC)cc2)cc1. The van der Waals surface area contributed by atoms with E-state index in [4.69, 9.17) is 9.84 Å². The normalized spacial score (nSPS) is 10.6. The molecule has 0 aliphatic carbocycles. The zero-order valence-electron chi connectivity index (χ0n) is 23.2. The summed E-state index contributed by atoms with van der Waals surface area (Å²) in [5, 5.41) is 16.3. The molecule has 2 rings (SSSR count). The molecule has 0 radical (unpaired) electrons.